The first-order chi connectivity index (χ1) is 12.6. The van der Waals surface area contributed by atoms with Crippen molar-refractivity contribution >= 4 is 11.9 Å². The molecule has 1 fully saturated rings. The number of methoxy groups -OCH3 is 1. The van der Waals surface area contributed by atoms with E-state index in [0.29, 0.717) is 6.54 Å². The average Bonchev–Trinajstić information content (AvgIpc) is 3.14. The number of hydrogen-bond donors (Lipinski definition) is 1. The maximum Gasteiger partial charge on any atom is 0.131 e. The molecule has 0 aromatic heterocycles. The summed E-state index contributed by atoms with van der Waals surface area (Å²) in [5, 5.41) is 14.1. The molecule has 0 bridgehead atoms. The number of ether oxygens (including phenoxy) is 1. The Balaban J connectivity index is 2.05. The number of hydroxylamine groups is 2. The monoisotopic (exact) mass is 355 g/mol. The molecule has 2 aromatic rings. The normalized spacial score (nSPS) is 14.9. The standard InChI is InChI=1S/C20H25N3O3/c1-22(2)18-11-15(13-21-24)10-17(12-18)19-7-4-6-16(20(19)25-3)14-23-8-5-9-26-23/h4,6-7,10-13,24H,5,8-9,14H2,1-3H3/b21-13+. The highest BCUT2D eigenvalue weighted by molar-refractivity contribution is 5.86. The summed E-state index contributed by atoms with van der Waals surface area (Å²) in [7, 11) is 5.66. The molecule has 138 valence electrons. The molecule has 1 aliphatic rings. The van der Waals surface area contributed by atoms with Gasteiger partial charge in [-0.15, -0.1) is 0 Å². The molecule has 2 aromatic carbocycles. The van der Waals surface area contributed by atoms with E-state index in [1.165, 1.54) is 6.21 Å². The third-order valence-corrected chi connectivity index (χ3v) is 4.45. The SMILES string of the molecule is COc1c(CN2CCCO2)cccc1-c1cc(/C=N/O)cc(N(C)C)c1. The average molecular weight is 355 g/mol. The van der Waals surface area contributed by atoms with Crippen molar-refractivity contribution in [2.24, 2.45) is 5.16 Å². The van der Waals surface area contributed by atoms with Crippen LogP contribution in [0.25, 0.3) is 11.1 Å². The Kier molecular flexibility index (Phi) is 5.75. The number of hydrogen-bond acceptors (Lipinski definition) is 6. The van der Waals surface area contributed by atoms with Crippen molar-refractivity contribution in [1.82, 2.24) is 5.06 Å². The molecule has 0 radical (unpaired) electrons. The van der Waals surface area contributed by atoms with E-state index >= 15 is 0 Å². The molecule has 0 saturated carbocycles. The smallest absolute Gasteiger partial charge is 0.131 e. The van der Waals surface area contributed by atoms with Crippen LogP contribution in [0.2, 0.25) is 0 Å². The van der Waals surface area contributed by atoms with Crippen LogP contribution in [0.5, 0.6) is 5.75 Å². The van der Waals surface area contributed by atoms with Crippen molar-refractivity contribution in [2.75, 3.05) is 39.3 Å². The van der Waals surface area contributed by atoms with Gasteiger partial charge in [0.2, 0.25) is 0 Å². The molecular formula is C20H25N3O3. The van der Waals surface area contributed by atoms with Crippen LogP contribution in [0.3, 0.4) is 0 Å². The Morgan fingerprint density at radius 3 is 2.81 bits per heavy atom. The highest BCUT2D eigenvalue weighted by Crippen LogP contribution is 2.36. The lowest BCUT2D eigenvalue weighted by molar-refractivity contribution is -0.117. The first kappa shape index (κ1) is 18.2. The molecule has 1 aliphatic heterocycles. The predicted octanol–water partition coefficient (Wildman–Crippen LogP) is 3.37. The third kappa shape index (κ3) is 3.98. The van der Waals surface area contributed by atoms with Gasteiger partial charge in [-0.1, -0.05) is 23.4 Å². The molecule has 1 heterocycles. The minimum Gasteiger partial charge on any atom is -0.496 e. The van der Waals surface area contributed by atoms with Gasteiger partial charge in [-0.2, -0.15) is 5.06 Å². The van der Waals surface area contributed by atoms with E-state index in [-0.39, 0.29) is 0 Å². The van der Waals surface area contributed by atoms with Gasteiger partial charge >= 0.3 is 0 Å². The zero-order valence-corrected chi connectivity index (χ0v) is 15.5. The van der Waals surface area contributed by atoms with E-state index in [4.69, 9.17) is 14.8 Å². The summed E-state index contributed by atoms with van der Waals surface area (Å²) >= 11 is 0. The van der Waals surface area contributed by atoms with Gasteiger partial charge in [-0.3, -0.25) is 4.84 Å². The summed E-state index contributed by atoms with van der Waals surface area (Å²) in [6.07, 6.45) is 2.49. The van der Waals surface area contributed by atoms with Gasteiger partial charge in [0, 0.05) is 37.5 Å². The van der Waals surface area contributed by atoms with Crippen LogP contribution >= 0.6 is 0 Å². The Labute approximate surface area is 154 Å². The van der Waals surface area contributed by atoms with Gasteiger partial charge in [-0.05, 0) is 35.7 Å². The van der Waals surface area contributed by atoms with E-state index in [1.807, 2.05) is 48.3 Å². The van der Waals surface area contributed by atoms with Crippen molar-refractivity contribution in [3.63, 3.8) is 0 Å². The van der Waals surface area contributed by atoms with Gasteiger partial charge in [0.15, 0.2) is 0 Å². The molecule has 3 rings (SSSR count). The summed E-state index contributed by atoms with van der Waals surface area (Å²) in [5.74, 6) is 0.839. The van der Waals surface area contributed by atoms with E-state index in [2.05, 4.69) is 17.3 Å². The number of benzene rings is 2. The van der Waals surface area contributed by atoms with Crippen LogP contribution in [0.15, 0.2) is 41.6 Å². The number of rotatable bonds is 6. The minimum absolute atomic E-state index is 0.690. The fraction of sp³-hybridized carbons (Fsp3) is 0.350. The Bertz CT molecular complexity index is 784. The topological polar surface area (TPSA) is 57.5 Å². The van der Waals surface area contributed by atoms with Crippen LogP contribution in [0.4, 0.5) is 5.69 Å². The molecular weight excluding hydrogens is 330 g/mol. The number of para-hydroxylation sites is 1. The van der Waals surface area contributed by atoms with Crippen molar-refractivity contribution < 1.29 is 14.8 Å². The van der Waals surface area contributed by atoms with E-state index in [0.717, 1.165) is 53.3 Å². The molecule has 0 spiro atoms. The second kappa shape index (κ2) is 8.21. The molecule has 6 nitrogen and oxygen atoms in total. The fourth-order valence-corrected chi connectivity index (χ4v) is 3.18. The third-order valence-electron chi connectivity index (χ3n) is 4.45. The summed E-state index contributed by atoms with van der Waals surface area (Å²) in [6.45, 7) is 2.40. The highest BCUT2D eigenvalue weighted by atomic mass is 16.7. The van der Waals surface area contributed by atoms with Gasteiger partial charge in [0.05, 0.1) is 26.5 Å². The van der Waals surface area contributed by atoms with E-state index in [9.17, 15) is 0 Å². The summed E-state index contributed by atoms with van der Waals surface area (Å²) in [4.78, 5) is 7.65. The largest absolute Gasteiger partial charge is 0.496 e. The van der Waals surface area contributed by atoms with E-state index in [1.54, 1.807) is 7.11 Å². The van der Waals surface area contributed by atoms with Gasteiger partial charge in [0.25, 0.3) is 0 Å². The zero-order valence-electron chi connectivity index (χ0n) is 15.5. The molecule has 6 heteroatoms. The van der Waals surface area contributed by atoms with Crippen molar-refractivity contribution in [3.8, 4) is 16.9 Å². The first-order valence-corrected chi connectivity index (χ1v) is 8.66. The summed E-state index contributed by atoms with van der Waals surface area (Å²) in [6, 6.07) is 12.2. The summed E-state index contributed by atoms with van der Waals surface area (Å²) < 4.78 is 5.76. The molecule has 26 heavy (non-hydrogen) atoms. The molecule has 1 N–H and O–H groups in total. The fourth-order valence-electron chi connectivity index (χ4n) is 3.18. The molecule has 0 amide bonds. The Morgan fingerprint density at radius 1 is 1.31 bits per heavy atom. The molecule has 0 unspecified atom stereocenters. The lowest BCUT2D eigenvalue weighted by atomic mass is 9.98. The Morgan fingerprint density at radius 2 is 2.15 bits per heavy atom. The minimum atomic E-state index is 0.690. The second-order valence-corrected chi connectivity index (χ2v) is 6.50. The number of nitrogens with zero attached hydrogens (tertiary/aromatic N) is 3. The van der Waals surface area contributed by atoms with E-state index < -0.39 is 0 Å². The van der Waals surface area contributed by atoms with Crippen molar-refractivity contribution in [2.45, 2.75) is 13.0 Å². The maximum atomic E-state index is 8.93. The van der Waals surface area contributed by atoms with Crippen LogP contribution in [-0.4, -0.2) is 50.8 Å². The van der Waals surface area contributed by atoms with Crippen molar-refractivity contribution in [1.29, 1.82) is 0 Å². The number of anilines is 1. The Hall–Kier alpha value is -2.57. The van der Waals surface area contributed by atoms with Gasteiger partial charge in [0.1, 0.15) is 5.75 Å². The quantitative estimate of drug-likeness (QED) is 0.489. The highest BCUT2D eigenvalue weighted by Gasteiger charge is 2.18. The van der Waals surface area contributed by atoms with Crippen LogP contribution < -0.4 is 9.64 Å². The van der Waals surface area contributed by atoms with Gasteiger partial charge < -0.3 is 14.8 Å². The zero-order chi connectivity index (χ0) is 18.5. The molecule has 0 atom stereocenters. The van der Waals surface area contributed by atoms with Crippen molar-refractivity contribution in [3.05, 3.63) is 47.5 Å². The van der Waals surface area contributed by atoms with Crippen LogP contribution in [0.1, 0.15) is 17.5 Å². The predicted molar refractivity (Wildman–Crippen MR) is 103 cm³/mol. The maximum absolute atomic E-state index is 8.93. The lowest BCUT2D eigenvalue weighted by Gasteiger charge is -2.20. The second-order valence-electron chi connectivity index (χ2n) is 6.50. The summed E-state index contributed by atoms with van der Waals surface area (Å²) in [5.41, 5.74) is 4.93. The lowest BCUT2D eigenvalue weighted by Crippen LogP contribution is -2.17. The van der Waals surface area contributed by atoms with Gasteiger partial charge in [-0.25, -0.2) is 0 Å². The number of oxime groups is 1. The van der Waals surface area contributed by atoms with Crippen LogP contribution in [-0.2, 0) is 11.4 Å². The first-order valence-electron chi connectivity index (χ1n) is 8.66. The molecule has 0 aliphatic carbocycles. The van der Waals surface area contributed by atoms with Crippen LogP contribution in [0, 0.1) is 0 Å². The molecule has 1 saturated heterocycles.